The minimum atomic E-state index is 0.589. The molecule has 0 radical (unpaired) electrons. The molecule has 0 saturated carbocycles. The van der Waals surface area contributed by atoms with Crippen LogP contribution in [-0.4, -0.2) is 48.0 Å². The van der Waals surface area contributed by atoms with Crippen molar-refractivity contribution in [2.45, 2.75) is 25.9 Å². The lowest BCUT2D eigenvalue weighted by molar-refractivity contribution is 0.544. The van der Waals surface area contributed by atoms with E-state index in [2.05, 4.69) is 57.8 Å². The Morgan fingerprint density at radius 3 is 2.80 bits per heavy atom. The molecule has 6 heteroatoms. The van der Waals surface area contributed by atoms with Gasteiger partial charge in [-0.15, -0.1) is 0 Å². The van der Waals surface area contributed by atoms with Crippen molar-refractivity contribution in [1.29, 1.82) is 0 Å². The summed E-state index contributed by atoms with van der Waals surface area (Å²) in [6.45, 7) is 6.24. The second kappa shape index (κ2) is 3.89. The number of amidine groups is 1. The molecule has 20 heavy (non-hydrogen) atoms. The van der Waals surface area contributed by atoms with Gasteiger partial charge in [0.1, 0.15) is 17.9 Å². The van der Waals surface area contributed by atoms with Crippen molar-refractivity contribution < 1.29 is 0 Å². The Hall–Kier alpha value is -1.27. The number of rotatable bonds is 1. The molecular formula is C14H17BrN5+. The first-order valence-electron chi connectivity index (χ1n) is 6.96. The standard InChI is InChI=1S/C14H17BrN5/c1-8-9(2)20(8,3)14-17-7-10-6-11(15)13-16-4-5-19(13)12(10)18-14/h6-9H,4-5H2,1-3H3/q+1/t8-,9?,20?/m0/s1. The smallest absolute Gasteiger partial charge is 0.308 e. The van der Waals surface area contributed by atoms with Crippen LogP contribution in [0.15, 0.2) is 15.7 Å². The summed E-state index contributed by atoms with van der Waals surface area (Å²) >= 11 is 3.58. The number of aromatic nitrogens is 2. The number of aliphatic imine (C=N–C) groups is 1. The maximum atomic E-state index is 4.87. The number of hydrogen-bond acceptors (Lipinski definition) is 4. The summed E-state index contributed by atoms with van der Waals surface area (Å²) in [5.41, 5.74) is 1.07. The van der Waals surface area contributed by atoms with Crippen molar-refractivity contribution >= 4 is 39.6 Å². The molecule has 0 aromatic carbocycles. The summed E-state index contributed by atoms with van der Waals surface area (Å²) in [4.78, 5) is 16.2. The van der Waals surface area contributed by atoms with Crippen molar-refractivity contribution in [2.75, 3.05) is 25.0 Å². The van der Waals surface area contributed by atoms with E-state index in [0.717, 1.165) is 45.2 Å². The highest BCUT2D eigenvalue weighted by Gasteiger charge is 2.61. The van der Waals surface area contributed by atoms with Crippen LogP contribution in [0.3, 0.4) is 0 Å². The summed E-state index contributed by atoms with van der Waals surface area (Å²) in [5.74, 6) is 2.92. The predicted octanol–water partition coefficient (Wildman–Crippen LogP) is 2.17. The Morgan fingerprint density at radius 2 is 2.10 bits per heavy atom. The van der Waals surface area contributed by atoms with Crippen molar-refractivity contribution in [2.24, 2.45) is 4.99 Å². The zero-order valence-electron chi connectivity index (χ0n) is 11.8. The van der Waals surface area contributed by atoms with Crippen LogP contribution in [-0.2, 0) is 0 Å². The number of hydrogen-bond donors (Lipinski definition) is 0. The summed E-state index contributed by atoms with van der Waals surface area (Å²) in [5, 5.41) is 0. The maximum absolute atomic E-state index is 4.87. The average molecular weight is 335 g/mol. The van der Waals surface area contributed by atoms with Crippen LogP contribution in [0.25, 0.3) is 6.08 Å². The lowest BCUT2D eigenvalue weighted by atomic mass is 10.2. The van der Waals surface area contributed by atoms with Gasteiger partial charge in [-0.25, -0.2) is 4.48 Å². The fourth-order valence-electron chi connectivity index (χ4n) is 3.21. The Labute approximate surface area is 126 Å². The Morgan fingerprint density at radius 1 is 1.35 bits per heavy atom. The van der Waals surface area contributed by atoms with Crippen molar-refractivity contribution in [3.63, 3.8) is 0 Å². The molecule has 1 aromatic rings. The van der Waals surface area contributed by atoms with Gasteiger partial charge in [0, 0.05) is 18.3 Å². The molecule has 0 amide bonds. The molecule has 5 nitrogen and oxygen atoms in total. The van der Waals surface area contributed by atoms with Gasteiger partial charge >= 0.3 is 5.95 Å². The molecule has 0 bridgehead atoms. The number of anilines is 1. The quantitative estimate of drug-likeness (QED) is 0.583. The van der Waals surface area contributed by atoms with E-state index in [1.165, 1.54) is 0 Å². The van der Waals surface area contributed by atoms with E-state index in [-0.39, 0.29) is 0 Å². The van der Waals surface area contributed by atoms with Gasteiger partial charge in [0.05, 0.1) is 18.1 Å². The minimum Gasteiger partial charge on any atom is -0.308 e. The molecule has 104 valence electrons. The third-order valence-electron chi connectivity index (χ3n) is 5.11. The number of halogens is 1. The van der Waals surface area contributed by atoms with Crippen LogP contribution < -0.4 is 9.38 Å². The number of nitrogens with zero attached hydrogens (tertiary/aromatic N) is 5. The first-order chi connectivity index (χ1) is 9.53. The van der Waals surface area contributed by atoms with E-state index in [4.69, 9.17) is 4.98 Å². The zero-order chi connectivity index (χ0) is 14.1. The van der Waals surface area contributed by atoms with Crippen molar-refractivity contribution in [3.8, 4) is 0 Å². The van der Waals surface area contributed by atoms with E-state index >= 15 is 0 Å². The van der Waals surface area contributed by atoms with E-state index in [9.17, 15) is 0 Å². The highest BCUT2D eigenvalue weighted by molar-refractivity contribution is 9.12. The van der Waals surface area contributed by atoms with Gasteiger partial charge in [0.2, 0.25) is 0 Å². The number of fused-ring (bicyclic) bond motifs is 3. The Kier molecular flexibility index (Phi) is 2.42. The first kappa shape index (κ1) is 12.5. The fourth-order valence-corrected chi connectivity index (χ4v) is 3.80. The van der Waals surface area contributed by atoms with Crippen molar-refractivity contribution in [3.05, 3.63) is 16.2 Å². The van der Waals surface area contributed by atoms with Gasteiger partial charge in [0.25, 0.3) is 0 Å². The van der Waals surface area contributed by atoms with Crippen LogP contribution in [0.2, 0.25) is 0 Å². The molecule has 3 atom stereocenters. The lowest BCUT2D eigenvalue weighted by Crippen LogP contribution is -2.33. The van der Waals surface area contributed by atoms with Gasteiger partial charge in [-0.3, -0.25) is 4.99 Å². The molecule has 0 N–H and O–H groups in total. The van der Waals surface area contributed by atoms with Gasteiger partial charge in [-0.2, -0.15) is 9.97 Å². The Bertz CT molecular complexity index is 658. The normalized spacial score (nSPS) is 34.3. The lowest BCUT2D eigenvalue weighted by Gasteiger charge is -2.25. The molecular weight excluding hydrogens is 318 g/mol. The average Bonchev–Trinajstić information content (AvgIpc) is 2.88. The monoisotopic (exact) mass is 334 g/mol. The molecule has 2 unspecified atom stereocenters. The fraction of sp³-hybridized carbons (Fsp3) is 0.500. The largest absolute Gasteiger partial charge is 0.331 e. The third-order valence-corrected chi connectivity index (χ3v) is 5.69. The molecule has 1 saturated heterocycles. The summed E-state index contributed by atoms with van der Waals surface area (Å²) in [7, 11) is 2.21. The van der Waals surface area contributed by atoms with Gasteiger partial charge in [-0.1, -0.05) is 0 Å². The van der Waals surface area contributed by atoms with Crippen LogP contribution in [0.4, 0.5) is 11.8 Å². The third kappa shape index (κ3) is 1.43. The maximum Gasteiger partial charge on any atom is 0.331 e. The molecule has 1 fully saturated rings. The molecule has 0 spiro atoms. The van der Waals surface area contributed by atoms with Crippen LogP contribution in [0.5, 0.6) is 0 Å². The molecule has 3 aliphatic rings. The second-order valence-corrected chi connectivity index (χ2v) is 6.78. The number of likely N-dealkylation sites (N-methyl/N-ethyl adjacent to an activating group) is 1. The van der Waals surface area contributed by atoms with E-state index in [0.29, 0.717) is 12.1 Å². The predicted molar refractivity (Wildman–Crippen MR) is 85.2 cm³/mol. The minimum absolute atomic E-state index is 0.589. The first-order valence-corrected chi connectivity index (χ1v) is 7.76. The summed E-state index contributed by atoms with van der Waals surface area (Å²) < 4.78 is 1.85. The Balaban J connectivity index is 1.83. The molecule has 1 aromatic heterocycles. The molecule has 0 aliphatic carbocycles. The zero-order valence-corrected chi connectivity index (χ0v) is 13.4. The highest BCUT2D eigenvalue weighted by atomic mass is 79.9. The number of quaternary nitrogens is 1. The van der Waals surface area contributed by atoms with E-state index in [1.807, 2.05) is 6.20 Å². The SMILES string of the molecule is CC1[C@H](C)[N+]1(C)c1ncc2c(n1)N1CCN=C1C(Br)=C2. The van der Waals surface area contributed by atoms with Gasteiger partial charge < -0.3 is 4.90 Å². The van der Waals surface area contributed by atoms with Crippen LogP contribution in [0.1, 0.15) is 19.4 Å². The van der Waals surface area contributed by atoms with E-state index < -0.39 is 0 Å². The van der Waals surface area contributed by atoms with Crippen LogP contribution >= 0.6 is 15.9 Å². The van der Waals surface area contributed by atoms with Crippen LogP contribution in [0, 0.1) is 0 Å². The summed E-state index contributed by atoms with van der Waals surface area (Å²) in [6, 6.07) is 1.18. The molecule has 3 aliphatic heterocycles. The summed E-state index contributed by atoms with van der Waals surface area (Å²) in [6.07, 6.45) is 4.00. The topological polar surface area (TPSA) is 41.4 Å². The molecule has 4 heterocycles. The highest BCUT2D eigenvalue weighted by Crippen LogP contribution is 2.42. The molecule has 4 rings (SSSR count). The van der Waals surface area contributed by atoms with E-state index in [1.54, 1.807) is 0 Å². The van der Waals surface area contributed by atoms with Gasteiger partial charge in [0.15, 0.2) is 5.82 Å². The second-order valence-electron chi connectivity index (χ2n) is 5.93. The van der Waals surface area contributed by atoms with Gasteiger partial charge in [-0.05, 0) is 35.9 Å². The van der Waals surface area contributed by atoms with Crippen molar-refractivity contribution in [1.82, 2.24) is 14.5 Å².